The standard InChI is InChI=1S/C83H104N18O12S/c1-52(2)74(79(106)99-37-12-16-66(99)78(105)90-54(4)57-20-22-58(23-21-57)75-55(5)89-51-114-75)69-46-71(95-113-69)111-42-40-96-38-39-97(53(3)47-96)41-43-110-70-44-60(30-35-86-70)101-61-26-27-62(101)49-98(48-61)67-45-65(93-94-76(67)84)63-14-7-8-17-68(63)112-50-56-18-24-59(25-19-56)91-77(104)64(15-11-34-88-82(85)109)92-81(108)83(31-13-32-83)80(107)87-33-9-6-10-36-100-72(102)28-29-73(100)103/h7-8,14,17-25,28-30,35,44-46,51-54,61-62,64,66,74H,6,9-13,15-16,26-27,31-34,36-43,47-50H2,1-5H3,(H2,84,94)(H,87,107)(H,90,105)(H,91,104)(H,92,108)(H3,85,88,109)/t53-,54+,61?,62?,64+,66+,74?/m1/s1. The number of hydrogen-bond donors (Lipinski definition) is 7. The number of anilines is 4. The van der Waals surface area contributed by atoms with Crippen LogP contribution in [-0.2, 0) is 40.2 Å². The van der Waals surface area contributed by atoms with Crippen LogP contribution in [0, 0.1) is 18.3 Å². The highest BCUT2D eigenvalue weighted by Gasteiger charge is 2.52. The summed E-state index contributed by atoms with van der Waals surface area (Å²) in [5.74, 6) is -0.971. The maximum atomic E-state index is 14.4. The Labute approximate surface area is 667 Å². The number of imide groups is 1. The first-order valence-electron chi connectivity index (χ1n) is 39.9. The number of fused-ring (bicyclic) bond motifs is 2. The number of amides is 9. The molecule has 1 aliphatic carbocycles. The van der Waals surface area contributed by atoms with Crippen LogP contribution in [0.1, 0.15) is 139 Å². The van der Waals surface area contributed by atoms with Gasteiger partial charge in [0.05, 0.1) is 33.5 Å². The molecule has 604 valence electrons. The molecule has 0 spiro atoms. The van der Waals surface area contributed by atoms with Gasteiger partial charge in [-0.2, -0.15) is 0 Å². The first-order chi connectivity index (χ1) is 55.2. The van der Waals surface area contributed by atoms with Crippen molar-refractivity contribution in [3.8, 4) is 39.2 Å². The van der Waals surface area contributed by atoms with Crippen LogP contribution in [0.5, 0.6) is 17.5 Å². The minimum atomic E-state index is -1.34. The summed E-state index contributed by atoms with van der Waals surface area (Å²) in [6.45, 7) is 17.9. The molecule has 7 aromatic rings. The molecule has 9 amide bonds. The van der Waals surface area contributed by atoms with Crippen LogP contribution in [0.3, 0.4) is 0 Å². The van der Waals surface area contributed by atoms with E-state index in [0.717, 1.165) is 103 Å². The zero-order valence-electron chi connectivity index (χ0n) is 65.4. The second-order valence-electron chi connectivity index (χ2n) is 30.9. The number of aryl methyl sites for hydroxylation is 1. The van der Waals surface area contributed by atoms with E-state index < -0.39 is 47.2 Å². The number of nitrogens with one attached hydrogen (secondary N) is 5. The van der Waals surface area contributed by atoms with Gasteiger partial charge < -0.3 is 71.5 Å². The fraction of sp³-hybridized carbons (Fsp3) is 0.482. The number of rotatable bonds is 36. The van der Waals surface area contributed by atoms with Crippen molar-refractivity contribution < 1.29 is 57.1 Å². The number of nitrogens with two attached hydrogens (primary N) is 2. The number of carbonyl (C=O) groups excluding carboxylic acids is 8. The monoisotopic (exact) mass is 1580 g/mol. The van der Waals surface area contributed by atoms with Gasteiger partial charge in [0, 0.05) is 138 Å². The average Bonchev–Trinajstić information content (AvgIpc) is 1.40. The molecular weight excluding hydrogens is 1470 g/mol. The van der Waals surface area contributed by atoms with Gasteiger partial charge in [0.1, 0.15) is 49.0 Å². The number of piperazine rings is 2. The van der Waals surface area contributed by atoms with E-state index in [1.54, 1.807) is 34.4 Å². The molecule has 31 heteroatoms. The molecule has 3 aromatic carbocycles. The maximum absolute atomic E-state index is 14.4. The number of hydrogen-bond acceptors (Lipinski definition) is 23. The van der Waals surface area contributed by atoms with Crippen molar-refractivity contribution in [2.24, 2.45) is 17.1 Å². The molecule has 30 nitrogen and oxygen atoms in total. The van der Waals surface area contributed by atoms with E-state index in [2.05, 4.69) is 103 Å². The topological polar surface area (TPSA) is 373 Å². The Hall–Kier alpha value is -11.1. The van der Waals surface area contributed by atoms with E-state index in [0.29, 0.717) is 125 Å². The number of likely N-dealkylation sites (tertiary alicyclic amines) is 1. The molecule has 5 fully saturated rings. The van der Waals surface area contributed by atoms with Crippen molar-refractivity contribution in [2.45, 2.75) is 160 Å². The summed E-state index contributed by atoms with van der Waals surface area (Å²) in [5, 5.41) is 27.6. The predicted molar refractivity (Wildman–Crippen MR) is 431 cm³/mol. The first kappa shape index (κ1) is 81.0. The van der Waals surface area contributed by atoms with Gasteiger partial charge in [-0.15, -0.1) is 21.5 Å². The highest BCUT2D eigenvalue weighted by atomic mass is 32.1. The number of aromatic nitrogens is 5. The number of pyridine rings is 1. The zero-order valence-corrected chi connectivity index (χ0v) is 66.2. The molecule has 6 aliphatic rings. The third-order valence-electron chi connectivity index (χ3n) is 22.8. The Morgan fingerprint density at radius 3 is 2.20 bits per heavy atom. The first-order valence-corrected chi connectivity index (χ1v) is 40.8. The summed E-state index contributed by atoms with van der Waals surface area (Å²) in [6, 6.07) is 28.8. The third-order valence-corrected chi connectivity index (χ3v) is 23.8. The van der Waals surface area contributed by atoms with Crippen molar-refractivity contribution in [1.82, 2.24) is 66.2 Å². The smallest absolute Gasteiger partial charge is 0.312 e. The molecule has 13 rings (SSSR count). The number of unbranched alkanes of at least 4 members (excludes halogenated alkanes) is 2. The number of primary amides is 1. The lowest BCUT2D eigenvalue weighted by Crippen LogP contribution is -2.58. The number of benzene rings is 3. The average molecular weight is 1580 g/mol. The Bertz CT molecular complexity index is 4560. The molecule has 4 saturated heterocycles. The Kier molecular flexibility index (Phi) is 26.5. The van der Waals surface area contributed by atoms with Crippen molar-refractivity contribution in [1.29, 1.82) is 0 Å². The summed E-state index contributed by atoms with van der Waals surface area (Å²) >= 11 is 1.60. The van der Waals surface area contributed by atoms with Crippen molar-refractivity contribution in [3.63, 3.8) is 0 Å². The summed E-state index contributed by atoms with van der Waals surface area (Å²) in [4.78, 5) is 128. The highest BCUT2D eigenvalue weighted by Crippen LogP contribution is 2.43. The maximum Gasteiger partial charge on any atom is 0.312 e. The van der Waals surface area contributed by atoms with Crippen LogP contribution in [-0.4, -0.2) is 208 Å². The zero-order chi connectivity index (χ0) is 80.0. The number of ether oxygens (including phenoxy) is 3. The van der Waals surface area contributed by atoms with E-state index >= 15 is 0 Å². The summed E-state index contributed by atoms with van der Waals surface area (Å²) in [6.07, 6.45) is 11.2. The Morgan fingerprint density at radius 1 is 0.737 bits per heavy atom. The summed E-state index contributed by atoms with van der Waals surface area (Å²) in [7, 11) is 0. The van der Waals surface area contributed by atoms with E-state index in [1.807, 2.05) is 94.0 Å². The van der Waals surface area contributed by atoms with E-state index in [4.69, 9.17) is 30.2 Å². The Morgan fingerprint density at radius 2 is 1.48 bits per heavy atom. The molecule has 9 N–H and O–H groups in total. The van der Waals surface area contributed by atoms with Gasteiger partial charge in [0.2, 0.25) is 35.4 Å². The van der Waals surface area contributed by atoms with Crippen LogP contribution in [0.4, 0.5) is 27.7 Å². The highest BCUT2D eigenvalue weighted by molar-refractivity contribution is 7.13. The van der Waals surface area contributed by atoms with Crippen molar-refractivity contribution >= 4 is 81.6 Å². The number of nitrogen functional groups attached to an aromatic ring is 1. The van der Waals surface area contributed by atoms with E-state index in [9.17, 15) is 38.4 Å². The summed E-state index contributed by atoms with van der Waals surface area (Å²) < 4.78 is 24.8. The molecule has 114 heavy (non-hydrogen) atoms. The molecule has 9 heterocycles. The van der Waals surface area contributed by atoms with Gasteiger partial charge in [0.25, 0.3) is 17.7 Å². The number of thiazole rings is 1. The number of carbonyl (C=O) groups is 8. The second-order valence-corrected chi connectivity index (χ2v) is 31.7. The molecule has 7 atom stereocenters. The molecule has 2 bridgehead atoms. The van der Waals surface area contributed by atoms with Crippen LogP contribution in [0.15, 0.2) is 125 Å². The fourth-order valence-electron chi connectivity index (χ4n) is 16.3. The van der Waals surface area contributed by atoms with Gasteiger partial charge in [-0.1, -0.05) is 68.8 Å². The summed E-state index contributed by atoms with van der Waals surface area (Å²) in [5.41, 5.74) is 20.0. The minimum Gasteiger partial charge on any atom is -0.488 e. The van der Waals surface area contributed by atoms with E-state index in [1.165, 1.54) is 17.1 Å². The van der Waals surface area contributed by atoms with Crippen molar-refractivity contribution in [3.05, 3.63) is 144 Å². The molecule has 4 aromatic heterocycles. The van der Waals surface area contributed by atoms with Gasteiger partial charge in [-0.25, -0.2) is 14.8 Å². The van der Waals surface area contributed by atoms with Crippen LogP contribution < -0.4 is 62.1 Å². The largest absolute Gasteiger partial charge is 0.488 e. The van der Waals surface area contributed by atoms with Gasteiger partial charge in [-0.3, -0.25) is 48.3 Å². The van der Waals surface area contributed by atoms with Gasteiger partial charge in [-0.05, 0) is 156 Å². The number of urea groups is 1. The van der Waals surface area contributed by atoms with Gasteiger partial charge in [0.15, 0.2) is 11.6 Å². The second kappa shape index (κ2) is 37.3. The lowest BCUT2D eigenvalue weighted by molar-refractivity contribution is -0.151. The minimum absolute atomic E-state index is 0.119. The lowest BCUT2D eigenvalue weighted by Gasteiger charge is -2.43. The molecule has 0 radical (unpaired) electrons. The van der Waals surface area contributed by atoms with Crippen LogP contribution in [0.2, 0.25) is 0 Å². The third kappa shape index (κ3) is 19.4. The van der Waals surface area contributed by atoms with Crippen LogP contribution in [0.25, 0.3) is 21.7 Å². The van der Waals surface area contributed by atoms with E-state index in [-0.39, 0.29) is 79.8 Å². The predicted octanol–water partition coefficient (Wildman–Crippen LogP) is 8.30. The fourth-order valence-corrected chi connectivity index (χ4v) is 17.1. The molecule has 5 aliphatic heterocycles. The lowest BCUT2D eigenvalue weighted by atomic mass is 9.67. The van der Waals surface area contributed by atoms with Gasteiger partial charge >= 0.3 is 6.03 Å². The number of para-hydroxylation sites is 1. The Balaban J connectivity index is 0.539. The quantitative estimate of drug-likeness (QED) is 0.0110. The normalized spacial score (nSPS) is 19.5. The molecule has 3 unspecified atom stereocenters. The SMILES string of the molecule is Cc1ncsc1-c1ccc([C@H](C)NC(=O)[C@@H]2CCCN2C(=O)C(c2cc(OCCN3CCN(CCOc4cc(N5C6CCC5CN(c5cc(-c7ccccc7OCc7ccc(NC(=O)[C@H](CCCNC(N)=O)NC(=O)C8(C(=O)NCCCCCN9C(=O)C=CC9=O)CCC8)cc7)nnc5N)C6)ccn4)[C@H](C)C3)no2)C(C)C)cc1. The molecule has 1 saturated carbocycles. The number of nitrogens with zero attached hydrogens (tertiary/aromatic N) is 11. The molecular formula is C83H104N18O12S. The van der Waals surface area contributed by atoms with Crippen LogP contribution >= 0.6 is 11.3 Å². The van der Waals surface area contributed by atoms with Crippen molar-refractivity contribution in [2.75, 3.05) is 106 Å².